The molecule has 1 N–H and O–H groups in total. The minimum absolute atomic E-state index is 0.132. The van der Waals surface area contributed by atoms with E-state index >= 15 is 0 Å². The van der Waals surface area contributed by atoms with Crippen LogP contribution in [-0.4, -0.2) is 27.4 Å². The van der Waals surface area contributed by atoms with E-state index in [1.54, 1.807) is 0 Å². The van der Waals surface area contributed by atoms with Gasteiger partial charge in [0, 0.05) is 46.6 Å². The lowest BCUT2D eigenvalue weighted by Crippen LogP contribution is -2.54. The van der Waals surface area contributed by atoms with Crippen molar-refractivity contribution in [3.63, 3.8) is 0 Å². The molecule has 0 atom stereocenters. The lowest BCUT2D eigenvalue weighted by atomic mass is 10.1. The average Bonchev–Trinajstić information content (AvgIpc) is 3.16. The maximum Gasteiger partial charge on any atom is 0.335 e. The van der Waals surface area contributed by atoms with Gasteiger partial charge in [0.2, 0.25) is 0 Å². The lowest BCUT2D eigenvalue weighted by molar-refractivity contribution is -0.122. The predicted octanol–water partition coefficient (Wildman–Crippen LogP) is 4.40. The number of fused-ring (bicyclic) bond motifs is 1. The van der Waals surface area contributed by atoms with Crippen molar-refractivity contribution >= 4 is 52.1 Å². The van der Waals surface area contributed by atoms with Gasteiger partial charge in [-0.2, -0.15) is 0 Å². The summed E-state index contributed by atoms with van der Waals surface area (Å²) in [6, 6.07) is 17.5. The van der Waals surface area contributed by atoms with Crippen molar-refractivity contribution in [3.8, 4) is 0 Å². The summed E-state index contributed by atoms with van der Waals surface area (Å²) in [4.78, 5) is 43.0. The molecule has 33 heavy (non-hydrogen) atoms. The highest BCUT2D eigenvalue weighted by Gasteiger charge is 2.37. The molecule has 3 heterocycles. The Bertz CT molecular complexity index is 1440. The summed E-state index contributed by atoms with van der Waals surface area (Å²) in [7, 11) is 0. The quantitative estimate of drug-likeness (QED) is 0.364. The van der Waals surface area contributed by atoms with Crippen LogP contribution in [0.4, 0.5) is 10.5 Å². The van der Waals surface area contributed by atoms with Crippen molar-refractivity contribution < 1.29 is 14.4 Å². The first-order valence-electron chi connectivity index (χ1n) is 10.2. The number of para-hydroxylation sites is 1. The fraction of sp³-hybridized carbons (Fsp3) is 0.0400. The van der Waals surface area contributed by atoms with Crippen molar-refractivity contribution in [1.29, 1.82) is 0 Å². The van der Waals surface area contributed by atoms with Gasteiger partial charge in [-0.3, -0.25) is 19.9 Å². The standard InChI is InChI=1S/C25H17ClN4O3/c26-21-7-3-1-5-16(21)14-29-15-17(19-6-2-4-8-22(19)29)13-20-23(31)28-25(33)30(24(20)32)18-9-11-27-12-10-18/h1-13,15H,14H2,(H,28,31,33)/b20-13+. The monoisotopic (exact) mass is 456 g/mol. The van der Waals surface area contributed by atoms with E-state index in [0.717, 1.165) is 21.4 Å². The molecular formula is C25H17ClN4O3. The van der Waals surface area contributed by atoms with E-state index in [4.69, 9.17) is 11.6 Å². The van der Waals surface area contributed by atoms with Crippen LogP contribution >= 0.6 is 11.6 Å². The van der Waals surface area contributed by atoms with Crippen molar-refractivity contribution in [3.05, 3.63) is 101 Å². The zero-order valence-corrected chi connectivity index (χ0v) is 18.0. The molecule has 5 rings (SSSR count). The molecule has 0 aliphatic carbocycles. The minimum atomic E-state index is -0.797. The highest BCUT2D eigenvalue weighted by molar-refractivity contribution is 6.39. The number of carbonyl (C=O) groups excluding carboxylic acids is 3. The first kappa shape index (κ1) is 20.7. The van der Waals surface area contributed by atoms with Crippen LogP contribution in [0.15, 0.2) is 84.8 Å². The van der Waals surface area contributed by atoms with E-state index in [1.807, 2.05) is 59.3 Å². The van der Waals surface area contributed by atoms with Crippen LogP contribution in [0, 0.1) is 0 Å². The molecule has 0 spiro atoms. The van der Waals surface area contributed by atoms with Gasteiger partial charge in [-0.1, -0.05) is 48.0 Å². The van der Waals surface area contributed by atoms with E-state index in [1.165, 1.54) is 30.6 Å². The molecule has 1 aliphatic rings. The number of amides is 4. The minimum Gasteiger partial charge on any atom is -0.342 e. The Morgan fingerprint density at radius 1 is 0.939 bits per heavy atom. The van der Waals surface area contributed by atoms with E-state index in [-0.39, 0.29) is 5.57 Å². The molecule has 1 fully saturated rings. The van der Waals surface area contributed by atoms with Gasteiger partial charge in [0.15, 0.2) is 0 Å². The number of halogens is 1. The number of nitrogens with zero attached hydrogens (tertiary/aromatic N) is 3. The van der Waals surface area contributed by atoms with E-state index in [9.17, 15) is 14.4 Å². The van der Waals surface area contributed by atoms with Gasteiger partial charge in [0.1, 0.15) is 5.57 Å². The fourth-order valence-corrected chi connectivity index (χ4v) is 4.07. The number of rotatable bonds is 4. The molecule has 8 heteroatoms. The number of barbiturate groups is 1. The Morgan fingerprint density at radius 2 is 1.67 bits per heavy atom. The number of hydrogen-bond acceptors (Lipinski definition) is 4. The van der Waals surface area contributed by atoms with Crippen LogP contribution in [0.3, 0.4) is 0 Å². The van der Waals surface area contributed by atoms with Crippen LogP contribution in [0.1, 0.15) is 11.1 Å². The number of pyridine rings is 1. The molecule has 2 aromatic heterocycles. The Labute approximate surface area is 193 Å². The summed E-state index contributed by atoms with van der Waals surface area (Å²) < 4.78 is 2.01. The van der Waals surface area contributed by atoms with Gasteiger partial charge in [-0.05, 0) is 35.9 Å². The van der Waals surface area contributed by atoms with Crippen LogP contribution in [-0.2, 0) is 16.1 Å². The number of urea groups is 1. The number of hydrogen-bond donors (Lipinski definition) is 1. The number of benzene rings is 2. The SMILES string of the molecule is O=C1NC(=O)N(c2ccncc2)C(=O)/C1=C/c1cn(Cc2ccccc2Cl)c2ccccc12. The summed E-state index contributed by atoms with van der Waals surface area (Å²) in [5, 5.41) is 3.77. The maximum absolute atomic E-state index is 13.2. The number of imide groups is 2. The zero-order valence-electron chi connectivity index (χ0n) is 17.2. The van der Waals surface area contributed by atoms with Crippen LogP contribution < -0.4 is 10.2 Å². The second kappa shape index (κ2) is 8.37. The van der Waals surface area contributed by atoms with Crippen LogP contribution in [0.2, 0.25) is 5.02 Å². The molecule has 1 saturated heterocycles. The molecular weight excluding hydrogens is 440 g/mol. The van der Waals surface area contributed by atoms with Gasteiger partial charge in [-0.15, -0.1) is 0 Å². The predicted molar refractivity (Wildman–Crippen MR) is 126 cm³/mol. The summed E-state index contributed by atoms with van der Waals surface area (Å²) in [5.41, 5.74) is 2.74. The van der Waals surface area contributed by atoms with Gasteiger partial charge in [0.05, 0.1) is 5.69 Å². The fourth-order valence-electron chi connectivity index (χ4n) is 3.87. The molecule has 0 bridgehead atoms. The van der Waals surface area contributed by atoms with Crippen molar-refractivity contribution in [1.82, 2.24) is 14.9 Å². The second-order valence-corrected chi connectivity index (χ2v) is 7.89. The topological polar surface area (TPSA) is 84.3 Å². The third kappa shape index (κ3) is 3.79. The molecule has 0 unspecified atom stereocenters. The first-order chi connectivity index (χ1) is 16.0. The normalized spacial score (nSPS) is 15.4. The summed E-state index contributed by atoms with van der Waals surface area (Å²) in [6.45, 7) is 0.519. The largest absolute Gasteiger partial charge is 0.342 e. The molecule has 0 radical (unpaired) electrons. The van der Waals surface area contributed by atoms with Crippen molar-refractivity contribution in [2.24, 2.45) is 0 Å². The summed E-state index contributed by atoms with van der Waals surface area (Å²) in [5.74, 6) is -1.43. The Hall–Kier alpha value is -4.23. The highest BCUT2D eigenvalue weighted by atomic mass is 35.5. The summed E-state index contributed by atoms with van der Waals surface area (Å²) in [6.07, 6.45) is 6.33. The van der Waals surface area contributed by atoms with Crippen LogP contribution in [0.25, 0.3) is 17.0 Å². The molecule has 0 saturated carbocycles. The smallest absolute Gasteiger partial charge is 0.335 e. The van der Waals surface area contributed by atoms with Crippen molar-refractivity contribution in [2.75, 3.05) is 4.90 Å². The zero-order chi connectivity index (χ0) is 22.9. The lowest BCUT2D eigenvalue weighted by Gasteiger charge is -2.26. The molecule has 162 valence electrons. The van der Waals surface area contributed by atoms with Crippen LogP contribution in [0.5, 0.6) is 0 Å². The summed E-state index contributed by atoms with van der Waals surface area (Å²) >= 11 is 6.35. The molecule has 1 aliphatic heterocycles. The number of nitrogens with one attached hydrogen (secondary N) is 1. The van der Waals surface area contributed by atoms with Gasteiger partial charge in [-0.25, -0.2) is 9.69 Å². The van der Waals surface area contributed by atoms with Crippen molar-refractivity contribution in [2.45, 2.75) is 6.54 Å². The molecule has 4 amide bonds. The van der Waals surface area contributed by atoms with Gasteiger partial charge < -0.3 is 4.57 Å². The number of anilines is 1. The second-order valence-electron chi connectivity index (χ2n) is 7.48. The van der Waals surface area contributed by atoms with E-state index < -0.39 is 17.8 Å². The third-order valence-electron chi connectivity index (χ3n) is 5.44. The molecule has 4 aromatic rings. The van der Waals surface area contributed by atoms with Gasteiger partial charge in [0.25, 0.3) is 11.8 Å². The van der Waals surface area contributed by atoms with Gasteiger partial charge >= 0.3 is 6.03 Å². The Balaban J connectivity index is 1.58. The van der Waals surface area contributed by atoms with E-state index in [2.05, 4.69) is 10.3 Å². The van der Waals surface area contributed by atoms with E-state index in [0.29, 0.717) is 22.8 Å². The highest BCUT2D eigenvalue weighted by Crippen LogP contribution is 2.28. The first-order valence-corrected chi connectivity index (χ1v) is 10.5. The molecule has 2 aromatic carbocycles. The number of carbonyl (C=O) groups is 3. The Morgan fingerprint density at radius 3 is 2.45 bits per heavy atom. The third-order valence-corrected chi connectivity index (χ3v) is 5.81. The Kier molecular flexibility index (Phi) is 5.24. The maximum atomic E-state index is 13.2. The average molecular weight is 457 g/mol. The molecule has 7 nitrogen and oxygen atoms in total. The number of aromatic nitrogens is 2.